The van der Waals surface area contributed by atoms with Crippen LogP contribution in [0.1, 0.15) is 36.2 Å². The lowest BCUT2D eigenvalue weighted by Crippen LogP contribution is -2.25. The van der Waals surface area contributed by atoms with Gasteiger partial charge in [0.15, 0.2) is 0 Å². The highest BCUT2D eigenvalue weighted by atomic mass is 35.5. The van der Waals surface area contributed by atoms with E-state index in [1.807, 2.05) is 6.92 Å². The predicted molar refractivity (Wildman–Crippen MR) is 80.5 cm³/mol. The van der Waals surface area contributed by atoms with Gasteiger partial charge in [0.05, 0.1) is 16.8 Å². The van der Waals surface area contributed by atoms with E-state index in [0.717, 1.165) is 29.8 Å². The van der Waals surface area contributed by atoms with Crippen molar-refractivity contribution in [3.05, 3.63) is 64.2 Å². The van der Waals surface area contributed by atoms with E-state index >= 15 is 0 Å². The maximum atomic E-state index is 13.6. The summed E-state index contributed by atoms with van der Waals surface area (Å²) in [6.07, 6.45) is 2.69. The zero-order valence-corrected chi connectivity index (χ0v) is 12.4. The second-order valence-corrected chi connectivity index (χ2v) is 5.17. The van der Waals surface area contributed by atoms with Crippen molar-refractivity contribution >= 4 is 11.6 Å². The molecule has 0 spiro atoms. The van der Waals surface area contributed by atoms with Gasteiger partial charge in [0.25, 0.3) is 0 Å². The van der Waals surface area contributed by atoms with E-state index < -0.39 is 0 Å². The van der Waals surface area contributed by atoms with Gasteiger partial charge in [0.1, 0.15) is 5.82 Å². The summed E-state index contributed by atoms with van der Waals surface area (Å²) in [6, 6.07) is 8.20. The van der Waals surface area contributed by atoms with Crippen LogP contribution in [0, 0.1) is 12.7 Å². The zero-order chi connectivity index (χ0) is 14.5. The highest BCUT2D eigenvalue weighted by molar-refractivity contribution is 6.31. The number of aromatic nitrogens is 1. The molecule has 0 amide bonds. The minimum absolute atomic E-state index is 0.195. The van der Waals surface area contributed by atoms with Gasteiger partial charge in [-0.3, -0.25) is 4.98 Å². The Kier molecular flexibility index (Phi) is 5.10. The SMILES string of the molecule is CCCNC(c1cc(F)ccc1C)c1ncccc1Cl. The minimum atomic E-state index is -0.249. The molecule has 0 bridgehead atoms. The number of halogens is 2. The van der Waals surface area contributed by atoms with Crippen LogP contribution in [-0.4, -0.2) is 11.5 Å². The average molecular weight is 293 g/mol. The van der Waals surface area contributed by atoms with Crippen molar-refractivity contribution in [2.24, 2.45) is 0 Å². The summed E-state index contributed by atoms with van der Waals surface area (Å²) in [5.74, 6) is -0.249. The Morgan fingerprint density at radius 1 is 1.35 bits per heavy atom. The van der Waals surface area contributed by atoms with E-state index in [1.165, 1.54) is 6.07 Å². The number of hydrogen-bond acceptors (Lipinski definition) is 2. The normalized spacial score (nSPS) is 12.4. The molecule has 2 nitrogen and oxygen atoms in total. The van der Waals surface area contributed by atoms with Crippen molar-refractivity contribution in [3.8, 4) is 0 Å². The lowest BCUT2D eigenvalue weighted by atomic mass is 9.98. The molecule has 0 aliphatic rings. The van der Waals surface area contributed by atoms with Crippen LogP contribution in [0.3, 0.4) is 0 Å². The van der Waals surface area contributed by atoms with Crippen molar-refractivity contribution in [2.75, 3.05) is 6.54 Å². The Balaban J connectivity index is 2.47. The van der Waals surface area contributed by atoms with Crippen LogP contribution in [0.4, 0.5) is 4.39 Å². The van der Waals surface area contributed by atoms with Crippen molar-refractivity contribution in [1.82, 2.24) is 10.3 Å². The van der Waals surface area contributed by atoms with Crippen LogP contribution >= 0.6 is 11.6 Å². The minimum Gasteiger partial charge on any atom is -0.305 e. The topological polar surface area (TPSA) is 24.9 Å². The quantitative estimate of drug-likeness (QED) is 0.890. The van der Waals surface area contributed by atoms with Crippen LogP contribution in [-0.2, 0) is 0 Å². The molecule has 0 saturated carbocycles. The van der Waals surface area contributed by atoms with E-state index in [2.05, 4.69) is 17.2 Å². The van der Waals surface area contributed by atoms with Crippen LogP contribution in [0.2, 0.25) is 5.02 Å². The van der Waals surface area contributed by atoms with Gasteiger partial charge in [-0.2, -0.15) is 0 Å². The van der Waals surface area contributed by atoms with E-state index in [0.29, 0.717) is 5.02 Å². The first-order chi connectivity index (χ1) is 9.63. The maximum absolute atomic E-state index is 13.6. The molecule has 2 rings (SSSR count). The standard InChI is InChI=1S/C16H18ClFN2/c1-3-8-19-15(16-14(17)5-4-9-20-16)13-10-12(18)7-6-11(13)2/h4-7,9-10,15,19H,3,8H2,1-2H3. The largest absolute Gasteiger partial charge is 0.305 e. The lowest BCUT2D eigenvalue weighted by Gasteiger charge is -2.21. The smallest absolute Gasteiger partial charge is 0.123 e. The van der Waals surface area contributed by atoms with E-state index in [-0.39, 0.29) is 11.9 Å². The van der Waals surface area contributed by atoms with Crippen LogP contribution < -0.4 is 5.32 Å². The molecule has 0 aliphatic heterocycles. The van der Waals surface area contributed by atoms with Gasteiger partial charge >= 0.3 is 0 Å². The van der Waals surface area contributed by atoms with E-state index in [1.54, 1.807) is 30.5 Å². The van der Waals surface area contributed by atoms with Gasteiger partial charge < -0.3 is 5.32 Å². The maximum Gasteiger partial charge on any atom is 0.123 e. The molecule has 1 aromatic heterocycles. The third-order valence-electron chi connectivity index (χ3n) is 3.21. The summed E-state index contributed by atoms with van der Waals surface area (Å²) < 4.78 is 13.6. The highest BCUT2D eigenvalue weighted by Gasteiger charge is 2.19. The van der Waals surface area contributed by atoms with Crippen molar-refractivity contribution in [2.45, 2.75) is 26.3 Å². The lowest BCUT2D eigenvalue weighted by molar-refractivity contribution is 0.573. The summed E-state index contributed by atoms with van der Waals surface area (Å²) in [5, 5.41) is 3.99. The number of benzene rings is 1. The van der Waals surface area contributed by atoms with Gasteiger partial charge in [-0.1, -0.05) is 24.6 Å². The fourth-order valence-electron chi connectivity index (χ4n) is 2.18. The molecule has 0 aliphatic carbocycles. The van der Waals surface area contributed by atoms with Crippen molar-refractivity contribution in [3.63, 3.8) is 0 Å². The molecule has 20 heavy (non-hydrogen) atoms. The number of nitrogens with one attached hydrogen (secondary N) is 1. The zero-order valence-electron chi connectivity index (χ0n) is 11.7. The van der Waals surface area contributed by atoms with Gasteiger partial charge in [0, 0.05) is 6.20 Å². The highest BCUT2D eigenvalue weighted by Crippen LogP contribution is 2.28. The molecule has 1 aromatic carbocycles. The van der Waals surface area contributed by atoms with Gasteiger partial charge in [-0.25, -0.2) is 4.39 Å². The van der Waals surface area contributed by atoms with Gasteiger partial charge in [0.2, 0.25) is 0 Å². The monoisotopic (exact) mass is 292 g/mol. The number of nitrogens with zero attached hydrogens (tertiary/aromatic N) is 1. The summed E-state index contributed by atoms with van der Waals surface area (Å²) >= 11 is 6.24. The second-order valence-electron chi connectivity index (χ2n) is 4.76. The Hall–Kier alpha value is -1.45. The third kappa shape index (κ3) is 3.35. The van der Waals surface area contributed by atoms with Gasteiger partial charge in [-0.15, -0.1) is 0 Å². The molecular weight excluding hydrogens is 275 g/mol. The molecule has 2 aromatic rings. The van der Waals surface area contributed by atoms with Crippen LogP contribution in [0.15, 0.2) is 36.5 Å². The molecule has 1 unspecified atom stereocenters. The molecule has 0 radical (unpaired) electrons. The Morgan fingerprint density at radius 3 is 2.85 bits per heavy atom. The second kappa shape index (κ2) is 6.82. The van der Waals surface area contributed by atoms with E-state index in [4.69, 9.17) is 11.6 Å². The summed E-state index contributed by atoms with van der Waals surface area (Å²) in [6.45, 7) is 4.86. The average Bonchev–Trinajstić information content (AvgIpc) is 2.44. The fraction of sp³-hybridized carbons (Fsp3) is 0.312. The molecule has 1 atom stereocenters. The van der Waals surface area contributed by atoms with Crippen LogP contribution in [0.5, 0.6) is 0 Å². The first-order valence-corrected chi connectivity index (χ1v) is 7.11. The summed E-state index contributed by atoms with van der Waals surface area (Å²) in [7, 11) is 0. The van der Waals surface area contributed by atoms with Crippen molar-refractivity contribution in [1.29, 1.82) is 0 Å². The van der Waals surface area contributed by atoms with Gasteiger partial charge in [-0.05, 0) is 55.3 Å². The summed E-state index contributed by atoms with van der Waals surface area (Å²) in [5.41, 5.74) is 2.62. The van der Waals surface area contributed by atoms with E-state index in [9.17, 15) is 4.39 Å². The number of pyridine rings is 1. The number of rotatable bonds is 5. The first kappa shape index (κ1) is 14.9. The Bertz CT molecular complexity index is 586. The Labute approximate surface area is 124 Å². The first-order valence-electron chi connectivity index (χ1n) is 6.73. The molecular formula is C16H18ClFN2. The molecule has 1 N–H and O–H groups in total. The molecule has 4 heteroatoms. The molecule has 0 saturated heterocycles. The number of aryl methyl sites for hydroxylation is 1. The van der Waals surface area contributed by atoms with Crippen LogP contribution in [0.25, 0.3) is 0 Å². The fourth-order valence-corrected chi connectivity index (χ4v) is 2.41. The number of hydrogen-bond donors (Lipinski definition) is 1. The summed E-state index contributed by atoms with van der Waals surface area (Å²) in [4.78, 5) is 4.36. The predicted octanol–water partition coefficient (Wildman–Crippen LogP) is 4.27. The Morgan fingerprint density at radius 2 is 2.15 bits per heavy atom. The van der Waals surface area contributed by atoms with Crippen molar-refractivity contribution < 1.29 is 4.39 Å². The molecule has 1 heterocycles. The third-order valence-corrected chi connectivity index (χ3v) is 3.53. The molecule has 106 valence electrons. The molecule has 0 fully saturated rings.